The molecule has 0 spiro atoms. The highest BCUT2D eigenvalue weighted by Crippen LogP contribution is 2.25. The van der Waals surface area contributed by atoms with Crippen LogP contribution in [-0.2, 0) is 4.74 Å². The summed E-state index contributed by atoms with van der Waals surface area (Å²) in [6.45, 7) is 0.126. The third-order valence-corrected chi connectivity index (χ3v) is 4.16. The van der Waals surface area contributed by atoms with E-state index < -0.39 is 11.9 Å². The van der Waals surface area contributed by atoms with Gasteiger partial charge in [0, 0.05) is 5.92 Å². The van der Waals surface area contributed by atoms with Crippen molar-refractivity contribution in [2.75, 3.05) is 6.61 Å². The monoisotopic (exact) mass is 346 g/mol. The molecule has 0 radical (unpaired) electrons. The highest BCUT2D eigenvalue weighted by atomic mass is 16.5. The van der Waals surface area contributed by atoms with Crippen molar-refractivity contribution in [2.24, 2.45) is 0 Å². The molecule has 0 atom stereocenters. The second kappa shape index (κ2) is 8.12. The summed E-state index contributed by atoms with van der Waals surface area (Å²) in [4.78, 5) is 23.8. The molecule has 0 bridgehead atoms. The van der Waals surface area contributed by atoms with Crippen LogP contribution in [0.3, 0.4) is 0 Å². The molecule has 3 aromatic rings. The van der Waals surface area contributed by atoms with Crippen molar-refractivity contribution in [3.8, 4) is 0 Å². The van der Waals surface area contributed by atoms with Gasteiger partial charge in [0.15, 0.2) is 0 Å². The van der Waals surface area contributed by atoms with Gasteiger partial charge in [0.25, 0.3) is 0 Å². The van der Waals surface area contributed by atoms with E-state index in [1.807, 2.05) is 60.7 Å². The number of benzene rings is 3. The summed E-state index contributed by atoms with van der Waals surface area (Å²) in [5.41, 5.74) is 2.05. The van der Waals surface area contributed by atoms with Crippen molar-refractivity contribution in [3.05, 3.63) is 107 Å². The van der Waals surface area contributed by atoms with Crippen LogP contribution in [0.25, 0.3) is 0 Å². The molecule has 1 N–H and O–H groups in total. The Morgan fingerprint density at radius 2 is 1.19 bits per heavy atom. The Kier molecular flexibility index (Phi) is 5.44. The number of hydrogen-bond donors (Lipinski definition) is 1. The molecule has 0 unspecified atom stereocenters. The molecule has 0 heterocycles. The Morgan fingerprint density at radius 3 is 1.69 bits per heavy atom. The molecular weight excluding hydrogens is 328 g/mol. The summed E-state index contributed by atoms with van der Waals surface area (Å²) in [7, 11) is 0. The summed E-state index contributed by atoms with van der Waals surface area (Å²) in [6, 6.07) is 25.6. The zero-order valence-corrected chi connectivity index (χ0v) is 14.0. The third-order valence-electron chi connectivity index (χ3n) is 4.16. The molecule has 0 aliphatic carbocycles. The third kappa shape index (κ3) is 3.98. The van der Waals surface area contributed by atoms with E-state index in [1.165, 1.54) is 12.1 Å². The van der Waals surface area contributed by atoms with Gasteiger partial charge in [-0.3, -0.25) is 0 Å². The first-order valence-corrected chi connectivity index (χ1v) is 8.26. The van der Waals surface area contributed by atoms with E-state index in [4.69, 9.17) is 4.74 Å². The van der Waals surface area contributed by atoms with Crippen molar-refractivity contribution in [2.45, 2.75) is 5.92 Å². The second-order valence-corrected chi connectivity index (χ2v) is 5.82. The Morgan fingerprint density at radius 1 is 0.731 bits per heavy atom. The zero-order valence-electron chi connectivity index (χ0n) is 14.0. The molecule has 0 saturated carbocycles. The number of carbonyl (C=O) groups excluding carboxylic acids is 1. The predicted octanol–water partition coefficient (Wildman–Crippen LogP) is 4.37. The van der Waals surface area contributed by atoms with Crippen LogP contribution in [-0.4, -0.2) is 23.7 Å². The molecule has 0 fully saturated rings. The standard InChI is InChI=1S/C22H18O4/c23-21(24)18-13-7-8-14-19(18)22(25)26-15-20(16-9-3-1-4-10-16)17-11-5-2-6-12-17/h1-14,20H,15H2,(H,23,24). The number of ether oxygens (including phenoxy) is 1. The molecule has 130 valence electrons. The maximum atomic E-state index is 12.5. The highest BCUT2D eigenvalue weighted by Gasteiger charge is 2.20. The van der Waals surface area contributed by atoms with Gasteiger partial charge in [-0.1, -0.05) is 72.8 Å². The molecule has 26 heavy (non-hydrogen) atoms. The predicted molar refractivity (Wildman–Crippen MR) is 98.4 cm³/mol. The first kappa shape index (κ1) is 17.4. The quantitative estimate of drug-likeness (QED) is 0.673. The van der Waals surface area contributed by atoms with Crippen molar-refractivity contribution < 1.29 is 19.4 Å². The topological polar surface area (TPSA) is 63.6 Å². The van der Waals surface area contributed by atoms with Crippen LogP contribution in [0, 0.1) is 0 Å². The van der Waals surface area contributed by atoms with Gasteiger partial charge in [-0.15, -0.1) is 0 Å². The maximum Gasteiger partial charge on any atom is 0.339 e. The van der Waals surface area contributed by atoms with E-state index >= 15 is 0 Å². The van der Waals surface area contributed by atoms with Crippen molar-refractivity contribution in [1.29, 1.82) is 0 Å². The Labute approximate surface area is 151 Å². The molecule has 4 nitrogen and oxygen atoms in total. The number of carboxylic acids is 1. The van der Waals surface area contributed by atoms with Crippen LogP contribution in [0.5, 0.6) is 0 Å². The second-order valence-electron chi connectivity index (χ2n) is 5.82. The Balaban J connectivity index is 1.83. The minimum absolute atomic E-state index is 0.0554. The average molecular weight is 346 g/mol. The first-order chi connectivity index (χ1) is 12.7. The van der Waals surface area contributed by atoms with Crippen molar-refractivity contribution in [1.82, 2.24) is 0 Å². The smallest absolute Gasteiger partial charge is 0.339 e. The van der Waals surface area contributed by atoms with Gasteiger partial charge in [-0.2, -0.15) is 0 Å². The SMILES string of the molecule is O=C(O)c1ccccc1C(=O)OCC(c1ccccc1)c1ccccc1. The molecular formula is C22H18O4. The van der Waals surface area contributed by atoms with Crippen LogP contribution in [0.15, 0.2) is 84.9 Å². The molecule has 0 saturated heterocycles. The number of aromatic carboxylic acids is 1. The number of hydrogen-bond acceptors (Lipinski definition) is 3. The minimum atomic E-state index is -1.15. The fourth-order valence-electron chi connectivity index (χ4n) is 2.84. The molecule has 0 amide bonds. The van der Waals surface area contributed by atoms with Crippen molar-refractivity contribution in [3.63, 3.8) is 0 Å². The van der Waals surface area contributed by atoms with Crippen LogP contribution in [0.2, 0.25) is 0 Å². The molecule has 0 aliphatic rings. The lowest BCUT2D eigenvalue weighted by Gasteiger charge is -2.18. The summed E-state index contributed by atoms with van der Waals surface area (Å²) in [5.74, 6) is -1.92. The van der Waals surface area contributed by atoms with Gasteiger partial charge in [0.1, 0.15) is 6.61 Å². The van der Waals surface area contributed by atoms with E-state index in [0.717, 1.165) is 11.1 Å². The summed E-state index contributed by atoms with van der Waals surface area (Å²) in [6.07, 6.45) is 0. The van der Waals surface area contributed by atoms with Crippen LogP contribution >= 0.6 is 0 Å². The van der Waals surface area contributed by atoms with Gasteiger partial charge in [-0.25, -0.2) is 9.59 Å². The van der Waals surface area contributed by atoms with Gasteiger partial charge in [-0.05, 0) is 23.3 Å². The number of carbonyl (C=O) groups is 2. The van der Waals surface area contributed by atoms with E-state index in [1.54, 1.807) is 12.1 Å². The minimum Gasteiger partial charge on any atom is -0.478 e. The number of esters is 1. The van der Waals surface area contributed by atoms with E-state index in [0.29, 0.717) is 0 Å². The summed E-state index contributed by atoms with van der Waals surface area (Å²) in [5, 5.41) is 9.24. The summed E-state index contributed by atoms with van der Waals surface area (Å²) >= 11 is 0. The lowest BCUT2D eigenvalue weighted by molar-refractivity contribution is 0.0482. The molecule has 0 aromatic heterocycles. The molecule has 3 rings (SSSR count). The van der Waals surface area contributed by atoms with Crippen molar-refractivity contribution >= 4 is 11.9 Å². The van der Waals surface area contributed by atoms with E-state index in [-0.39, 0.29) is 23.7 Å². The van der Waals surface area contributed by atoms with Crippen LogP contribution < -0.4 is 0 Å². The maximum absolute atomic E-state index is 12.5. The zero-order chi connectivity index (χ0) is 18.4. The largest absolute Gasteiger partial charge is 0.478 e. The van der Waals surface area contributed by atoms with E-state index in [9.17, 15) is 14.7 Å². The molecule has 3 aromatic carbocycles. The van der Waals surface area contributed by atoms with Gasteiger partial charge in [0.05, 0.1) is 11.1 Å². The first-order valence-electron chi connectivity index (χ1n) is 8.26. The summed E-state index contributed by atoms with van der Waals surface area (Å²) < 4.78 is 5.49. The van der Waals surface area contributed by atoms with Crippen LogP contribution in [0.1, 0.15) is 37.8 Å². The number of carboxylic acid groups (broad SMARTS) is 1. The molecule has 4 heteroatoms. The fraction of sp³-hybridized carbons (Fsp3) is 0.0909. The lowest BCUT2D eigenvalue weighted by atomic mass is 9.92. The Hall–Kier alpha value is -3.40. The highest BCUT2D eigenvalue weighted by molar-refractivity contribution is 6.02. The van der Waals surface area contributed by atoms with Gasteiger partial charge >= 0.3 is 11.9 Å². The average Bonchev–Trinajstić information content (AvgIpc) is 2.69. The lowest BCUT2D eigenvalue weighted by Crippen LogP contribution is -2.16. The molecule has 0 aliphatic heterocycles. The number of rotatable bonds is 6. The van der Waals surface area contributed by atoms with Crippen LogP contribution in [0.4, 0.5) is 0 Å². The Bertz CT molecular complexity index is 849. The van der Waals surface area contributed by atoms with Gasteiger partial charge in [0.2, 0.25) is 0 Å². The van der Waals surface area contributed by atoms with E-state index in [2.05, 4.69) is 0 Å². The van der Waals surface area contributed by atoms with Gasteiger partial charge < -0.3 is 9.84 Å². The fourth-order valence-corrected chi connectivity index (χ4v) is 2.84. The normalized spacial score (nSPS) is 10.5.